The fourth-order valence-electron chi connectivity index (χ4n) is 1.31. The van der Waals surface area contributed by atoms with Gasteiger partial charge in [0.05, 0.1) is 12.0 Å². The van der Waals surface area contributed by atoms with Crippen LogP contribution in [0.5, 0.6) is 0 Å². The minimum Gasteiger partial charge on any atom is -0.467 e. The van der Waals surface area contributed by atoms with E-state index in [9.17, 15) is 0 Å². The lowest BCUT2D eigenvalue weighted by Crippen LogP contribution is -2.44. The molecule has 0 aromatic carbocycles. The third kappa shape index (κ3) is 2.09. The summed E-state index contributed by atoms with van der Waals surface area (Å²) in [4.78, 5) is 8.25. The molecule has 0 spiro atoms. The number of hydrogen-bond acceptors (Lipinski definition) is 6. The molecule has 0 aliphatic carbocycles. The molecule has 6 nitrogen and oxygen atoms in total. The molecule has 0 amide bonds. The number of furan rings is 1. The van der Waals surface area contributed by atoms with Crippen LogP contribution in [0.2, 0.25) is 0 Å². The van der Waals surface area contributed by atoms with Crippen molar-refractivity contribution in [3.05, 3.63) is 18.1 Å². The molecule has 1 aliphatic heterocycles. The van der Waals surface area contributed by atoms with Gasteiger partial charge in [0.2, 0.25) is 5.96 Å². The van der Waals surface area contributed by atoms with Gasteiger partial charge >= 0.3 is 0 Å². The van der Waals surface area contributed by atoms with Crippen LogP contribution in [0.3, 0.4) is 0 Å². The normalized spacial score (nSPS) is 20.3. The lowest BCUT2D eigenvalue weighted by Gasteiger charge is -2.17. The Morgan fingerprint density at radius 2 is 2.33 bits per heavy atom. The van der Waals surface area contributed by atoms with E-state index in [1.165, 1.54) is 0 Å². The second-order valence-electron chi connectivity index (χ2n) is 3.26. The highest BCUT2D eigenvalue weighted by Gasteiger charge is 2.12. The van der Waals surface area contributed by atoms with E-state index in [2.05, 4.69) is 20.6 Å². The SMILES string of the molecule is Cc1occc1NC1=NC(C)N=C(N)N1. The van der Waals surface area contributed by atoms with Gasteiger partial charge in [0.15, 0.2) is 5.96 Å². The fraction of sp³-hybridized carbons (Fsp3) is 0.333. The van der Waals surface area contributed by atoms with Crippen molar-refractivity contribution in [3.63, 3.8) is 0 Å². The summed E-state index contributed by atoms with van der Waals surface area (Å²) in [5.41, 5.74) is 6.44. The number of aliphatic imine (C=N–C) groups is 2. The highest BCUT2D eigenvalue weighted by molar-refractivity contribution is 6.06. The summed E-state index contributed by atoms with van der Waals surface area (Å²) < 4.78 is 5.15. The third-order valence-corrected chi connectivity index (χ3v) is 2.00. The van der Waals surface area contributed by atoms with Gasteiger partial charge in [-0.05, 0) is 13.8 Å². The van der Waals surface area contributed by atoms with Crippen LogP contribution in [0.4, 0.5) is 5.69 Å². The van der Waals surface area contributed by atoms with E-state index in [1.54, 1.807) is 6.26 Å². The second-order valence-corrected chi connectivity index (χ2v) is 3.26. The first-order valence-electron chi connectivity index (χ1n) is 4.64. The summed E-state index contributed by atoms with van der Waals surface area (Å²) in [7, 11) is 0. The van der Waals surface area contributed by atoms with Crippen molar-refractivity contribution in [1.29, 1.82) is 0 Å². The minimum atomic E-state index is -0.166. The average molecular weight is 207 g/mol. The maximum Gasteiger partial charge on any atom is 0.204 e. The van der Waals surface area contributed by atoms with Crippen LogP contribution in [-0.2, 0) is 0 Å². The number of nitrogens with two attached hydrogens (primary N) is 1. The Kier molecular flexibility index (Phi) is 2.32. The number of nitrogens with one attached hydrogen (secondary N) is 2. The Balaban J connectivity index is 2.11. The van der Waals surface area contributed by atoms with E-state index >= 15 is 0 Å². The number of nitrogens with zero attached hydrogens (tertiary/aromatic N) is 2. The van der Waals surface area contributed by atoms with Gasteiger partial charge in [-0.25, -0.2) is 9.98 Å². The maximum absolute atomic E-state index is 5.58. The van der Waals surface area contributed by atoms with E-state index in [0.29, 0.717) is 11.9 Å². The molecule has 0 saturated heterocycles. The van der Waals surface area contributed by atoms with E-state index in [-0.39, 0.29) is 6.17 Å². The lowest BCUT2D eigenvalue weighted by molar-refractivity contribution is 0.535. The Morgan fingerprint density at radius 3 is 2.93 bits per heavy atom. The van der Waals surface area contributed by atoms with Gasteiger partial charge in [-0.15, -0.1) is 0 Å². The monoisotopic (exact) mass is 207 g/mol. The van der Waals surface area contributed by atoms with Crippen molar-refractivity contribution in [2.24, 2.45) is 15.7 Å². The number of hydrogen-bond donors (Lipinski definition) is 3. The Labute approximate surface area is 87.3 Å². The van der Waals surface area contributed by atoms with Crippen molar-refractivity contribution in [3.8, 4) is 0 Å². The Hall–Kier alpha value is -1.98. The van der Waals surface area contributed by atoms with Gasteiger partial charge in [0.25, 0.3) is 0 Å². The fourth-order valence-corrected chi connectivity index (χ4v) is 1.31. The van der Waals surface area contributed by atoms with Gasteiger partial charge in [-0.2, -0.15) is 0 Å². The van der Waals surface area contributed by atoms with Crippen LogP contribution in [0.25, 0.3) is 0 Å². The van der Waals surface area contributed by atoms with Crippen LogP contribution in [-0.4, -0.2) is 18.1 Å². The smallest absolute Gasteiger partial charge is 0.204 e. The van der Waals surface area contributed by atoms with Gasteiger partial charge in [-0.3, -0.25) is 5.32 Å². The largest absolute Gasteiger partial charge is 0.467 e. The summed E-state index contributed by atoms with van der Waals surface area (Å²) in [5.74, 6) is 1.74. The molecule has 0 bridgehead atoms. The topological polar surface area (TPSA) is 87.9 Å². The van der Waals surface area contributed by atoms with Gasteiger partial charge in [0, 0.05) is 6.07 Å². The van der Waals surface area contributed by atoms with Crippen LogP contribution in [0.15, 0.2) is 26.7 Å². The zero-order valence-electron chi connectivity index (χ0n) is 8.61. The van der Waals surface area contributed by atoms with E-state index < -0.39 is 0 Å². The van der Waals surface area contributed by atoms with Crippen LogP contribution < -0.4 is 16.4 Å². The van der Waals surface area contributed by atoms with Gasteiger partial charge in [-0.1, -0.05) is 0 Å². The molecule has 0 fully saturated rings. The molecule has 2 heterocycles. The molecule has 1 atom stereocenters. The molecule has 1 unspecified atom stereocenters. The summed E-state index contributed by atoms with van der Waals surface area (Å²) in [6, 6.07) is 1.83. The van der Waals surface area contributed by atoms with Crippen molar-refractivity contribution < 1.29 is 4.42 Å². The minimum absolute atomic E-state index is 0.166. The number of rotatable bonds is 1. The van der Waals surface area contributed by atoms with Gasteiger partial charge in [0.1, 0.15) is 11.9 Å². The molecule has 1 aromatic rings. The molecule has 0 saturated carbocycles. The van der Waals surface area contributed by atoms with Crippen LogP contribution in [0, 0.1) is 6.92 Å². The zero-order valence-corrected chi connectivity index (χ0v) is 8.61. The molecular formula is C9H13N5O. The van der Waals surface area contributed by atoms with E-state index in [0.717, 1.165) is 11.4 Å². The van der Waals surface area contributed by atoms with Crippen molar-refractivity contribution in [1.82, 2.24) is 5.32 Å². The quantitative estimate of drug-likeness (QED) is 0.630. The maximum atomic E-state index is 5.58. The predicted octanol–water partition coefficient (Wildman–Crippen LogP) is 0.620. The molecule has 4 N–H and O–H groups in total. The summed E-state index contributed by atoms with van der Waals surface area (Å²) in [6.07, 6.45) is 1.45. The van der Waals surface area contributed by atoms with E-state index in [1.807, 2.05) is 19.9 Å². The molecule has 6 heteroatoms. The average Bonchev–Trinajstić information content (AvgIpc) is 2.50. The summed E-state index contributed by atoms with van der Waals surface area (Å²) in [5, 5.41) is 5.91. The molecule has 15 heavy (non-hydrogen) atoms. The van der Waals surface area contributed by atoms with E-state index in [4.69, 9.17) is 10.2 Å². The Morgan fingerprint density at radius 1 is 1.53 bits per heavy atom. The number of guanidine groups is 2. The molecule has 2 rings (SSSR count). The summed E-state index contributed by atoms with van der Waals surface area (Å²) >= 11 is 0. The second kappa shape index (κ2) is 3.64. The molecular weight excluding hydrogens is 194 g/mol. The standard InChI is InChI=1S/C9H13N5O/c1-5-7(3-4-15-5)13-9-12-6(2)11-8(10)14-9/h3-4,6H,1-2H3,(H4,10,11,12,13,14). The van der Waals surface area contributed by atoms with Gasteiger partial charge < -0.3 is 15.5 Å². The first-order chi connectivity index (χ1) is 7.15. The van der Waals surface area contributed by atoms with Crippen molar-refractivity contribution in [2.75, 3.05) is 5.32 Å². The molecule has 0 radical (unpaired) electrons. The summed E-state index contributed by atoms with van der Waals surface area (Å²) in [6.45, 7) is 3.73. The Bertz CT molecular complexity index is 420. The third-order valence-electron chi connectivity index (χ3n) is 2.00. The number of anilines is 1. The molecule has 1 aromatic heterocycles. The van der Waals surface area contributed by atoms with Crippen LogP contribution in [0.1, 0.15) is 12.7 Å². The van der Waals surface area contributed by atoms with Crippen molar-refractivity contribution in [2.45, 2.75) is 20.0 Å². The highest BCUT2D eigenvalue weighted by atomic mass is 16.3. The highest BCUT2D eigenvalue weighted by Crippen LogP contribution is 2.15. The first-order valence-corrected chi connectivity index (χ1v) is 4.64. The zero-order chi connectivity index (χ0) is 10.8. The molecule has 1 aliphatic rings. The van der Waals surface area contributed by atoms with Crippen LogP contribution >= 0.6 is 0 Å². The first kappa shape index (κ1) is 9.57. The molecule has 80 valence electrons. The number of aryl methyl sites for hydroxylation is 1. The predicted molar refractivity (Wildman–Crippen MR) is 58.7 cm³/mol. The van der Waals surface area contributed by atoms with Crippen molar-refractivity contribution >= 4 is 17.6 Å². The lowest BCUT2D eigenvalue weighted by atomic mass is 10.4.